The predicted octanol–water partition coefficient (Wildman–Crippen LogP) is -1.12. The molecule has 138 valence electrons. The van der Waals surface area contributed by atoms with Gasteiger partial charge in [-0.1, -0.05) is 0 Å². The van der Waals surface area contributed by atoms with Crippen LogP contribution in [0.25, 0.3) is 0 Å². The van der Waals surface area contributed by atoms with Crippen LogP contribution in [-0.2, 0) is 14.7 Å². The van der Waals surface area contributed by atoms with Gasteiger partial charge in [-0.05, 0) is 19.3 Å². The second-order valence-electron chi connectivity index (χ2n) is 6.43. The van der Waals surface area contributed by atoms with Crippen molar-refractivity contribution in [3.8, 4) is 0 Å². The first-order valence-corrected chi connectivity index (χ1v) is 9.22. The Hall–Kier alpha value is -1.80. The van der Waals surface area contributed by atoms with Crippen molar-refractivity contribution in [1.29, 1.82) is 0 Å². The van der Waals surface area contributed by atoms with Crippen LogP contribution < -0.4 is 11.1 Å². The standard InChI is InChI=1S/C12H18N6O6S/c13-6-3-8(14-4-6)10-15-16-11(23-10)9-2-1-7-5-17(9)12(19)18(7)24-25(20,21)22/h6-9,14H,1-5,13H2,(H,20,21,22)/t6-,7+,8+,9-/m0/s1. The molecule has 0 saturated carbocycles. The number of carbonyl (C=O) groups is 1. The quantitative estimate of drug-likeness (QED) is 0.486. The van der Waals surface area contributed by atoms with Gasteiger partial charge in [0.05, 0.1) is 12.1 Å². The second kappa shape index (κ2) is 5.88. The fourth-order valence-electron chi connectivity index (χ4n) is 3.56. The van der Waals surface area contributed by atoms with E-state index in [1.807, 2.05) is 0 Å². The first-order chi connectivity index (χ1) is 11.8. The summed E-state index contributed by atoms with van der Waals surface area (Å²) in [6.45, 7) is 0.886. The number of amides is 2. The Morgan fingerprint density at radius 1 is 1.36 bits per heavy atom. The Balaban J connectivity index is 0.00000196. The van der Waals surface area contributed by atoms with Crippen LogP contribution in [0, 0.1) is 0 Å². The van der Waals surface area contributed by atoms with Crippen molar-refractivity contribution in [2.75, 3.05) is 13.1 Å². The zero-order chi connectivity index (χ0) is 17.8. The van der Waals surface area contributed by atoms with E-state index in [0.29, 0.717) is 36.8 Å². The molecule has 0 spiro atoms. The summed E-state index contributed by atoms with van der Waals surface area (Å²) in [5.74, 6) is 0.683. The van der Waals surface area contributed by atoms with Crippen molar-refractivity contribution in [3.05, 3.63) is 11.8 Å². The molecular weight excluding hydrogens is 356 g/mol. The summed E-state index contributed by atoms with van der Waals surface area (Å²) in [6, 6.07) is -1.77. The number of piperidine rings is 1. The van der Waals surface area contributed by atoms with Gasteiger partial charge in [-0.2, -0.15) is 9.35 Å². The minimum atomic E-state index is -5.02. The smallest absolute Gasteiger partial charge is 0.724 e. The summed E-state index contributed by atoms with van der Waals surface area (Å²) in [4.78, 5) is 13.7. The monoisotopic (exact) mass is 374 g/mol. The van der Waals surface area contributed by atoms with Crippen LogP contribution in [0.5, 0.6) is 0 Å². The number of hydrogen-bond acceptors (Lipinski definition) is 10. The van der Waals surface area contributed by atoms with Crippen LogP contribution in [0.4, 0.5) is 4.79 Å². The molecule has 3 N–H and O–H groups in total. The number of nitrogens with one attached hydrogen (secondary N) is 1. The SMILES string of the molecule is N[C@@H]1CN[C@@H](c2nnc([C@@H]3CC[C@@H]4CN3C(=O)N4OS(=O)(=O)[O-])o2)C1.[H+]. The molecule has 0 aromatic carbocycles. The van der Waals surface area contributed by atoms with E-state index in [2.05, 4.69) is 19.8 Å². The molecule has 2 amide bonds. The van der Waals surface area contributed by atoms with E-state index in [0.717, 1.165) is 0 Å². The lowest BCUT2D eigenvalue weighted by molar-refractivity contribution is -0.0328. The van der Waals surface area contributed by atoms with Gasteiger partial charge in [0.15, 0.2) is 0 Å². The molecule has 4 atom stereocenters. The summed E-state index contributed by atoms with van der Waals surface area (Å²) in [7, 11) is -5.02. The van der Waals surface area contributed by atoms with Crippen LogP contribution in [-0.4, -0.2) is 64.3 Å². The zero-order valence-electron chi connectivity index (χ0n) is 14.1. The van der Waals surface area contributed by atoms with Crippen molar-refractivity contribution in [1.82, 2.24) is 25.5 Å². The highest BCUT2D eigenvalue weighted by Gasteiger charge is 2.48. The van der Waals surface area contributed by atoms with E-state index in [1.54, 1.807) is 0 Å². The lowest BCUT2D eigenvalue weighted by Crippen LogP contribution is -2.35. The number of fused-ring (bicyclic) bond motifs is 2. The molecule has 0 radical (unpaired) electrons. The number of nitrogens with zero attached hydrogens (tertiary/aromatic N) is 4. The molecule has 0 unspecified atom stereocenters. The molecule has 0 aliphatic carbocycles. The van der Waals surface area contributed by atoms with Gasteiger partial charge in [0.25, 0.3) is 0 Å². The van der Waals surface area contributed by atoms with Gasteiger partial charge >= 0.3 is 7.46 Å². The number of urea groups is 1. The molecule has 13 heteroatoms. The summed E-state index contributed by atoms with van der Waals surface area (Å²) >= 11 is 0. The molecule has 4 heterocycles. The van der Waals surface area contributed by atoms with E-state index in [-0.39, 0.29) is 25.9 Å². The van der Waals surface area contributed by atoms with Gasteiger partial charge in [-0.25, -0.2) is 13.2 Å². The lowest BCUT2D eigenvalue weighted by Gasteiger charge is -2.27. The Kier molecular flexibility index (Phi) is 3.92. The number of rotatable bonds is 4. The highest BCUT2D eigenvalue weighted by atomic mass is 32.3. The maximum absolute atomic E-state index is 12.4. The average Bonchev–Trinajstić information content (AvgIpc) is 3.23. The van der Waals surface area contributed by atoms with Crippen LogP contribution in [0.1, 0.15) is 44.6 Å². The van der Waals surface area contributed by atoms with Gasteiger partial charge in [0.2, 0.25) is 22.2 Å². The lowest BCUT2D eigenvalue weighted by atomic mass is 10.0. The van der Waals surface area contributed by atoms with Crippen LogP contribution >= 0.6 is 0 Å². The molecule has 2 bridgehead atoms. The molecule has 25 heavy (non-hydrogen) atoms. The van der Waals surface area contributed by atoms with Crippen molar-refractivity contribution in [3.63, 3.8) is 0 Å². The number of hydroxylamine groups is 2. The third kappa shape index (κ3) is 3.08. The van der Waals surface area contributed by atoms with Crippen molar-refractivity contribution in [2.24, 2.45) is 5.73 Å². The number of hydrogen-bond donors (Lipinski definition) is 2. The van der Waals surface area contributed by atoms with Crippen LogP contribution in [0.3, 0.4) is 0 Å². The fraction of sp³-hybridized carbons (Fsp3) is 0.750. The summed E-state index contributed by atoms with van der Waals surface area (Å²) in [5, 5.41) is 11.9. The molecule has 4 rings (SSSR count). The van der Waals surface area contributed by atoms with Gasteiger partial charge in [0, 0.05) is 19.1 Å². The predicted molar refractivity (Wildman–Crippen MR) is 79.2 cm³/mol. The minimum absolute atomic E-state index is 0. The maximum Gasteiger partial charge on any atom is 1.00 e. The Morgan fingerprint density at radius 3 is 2.80 bits per heavy atom. The number of nitrogens with two attached hydrogens (primary N) is 1. The largest absolute Gasteiger partial charge is 1.00 e. The van der Waals surface area contributed by atoms with Crippen molar-refractivity contribution >= 4 is 16.4 Å². The molecule has 3 aliphatic rings. The molecular formula is C12H18N6O6S. The fourth-order valence-corrected chi connectivity index (χ4v) is 3.94. The highest BCUT2D eigenvalue weighted by molar-refractivity contribution is 7.80. The van der Waals surface area contributed by atoms with E-state index in [4.69, 9.17) is 10.2 Å². The first kappa shape index (κ1) is 16.7. The molecule has 12 nitrogen and oxygen atoms in total. The molecule has 1 aromatic rings. The number of aromatic nitrogens is 2. The normalized spacial score (nSPS) is 32.6. The molecule has 3 aliphatic heterocycles. The third-order valence-corrected chi connectivity index (χ3v) is 5.04. The maximum atomic E-state index is 12.4. The summed E-state index contributed by atoms with van der Waals surface area (Å²) < 4.78 is 42.4. The van der Waals surface area contributed by atoms with E-state index in [9.17, 15) is 17.8 Å². The summed E-state index contributed by atoms with van der Waals surface area (Å²) in [5.41, 5.74) is 5.85. The molecule has 3 saturated heterocycles. The van der Waals surface area contributed by atoms with E-state index >= 15 is 0 Å². The van der Waals surface area contributed by atoms with E-state index in [1.165, 1.54) is 4.90 Å². The summed E-state index contributed by atoms with van der Waals surface area (Å²) in [6.07, 6.45) is 1.63. The average molecular weight is 374 g/mol. The Bertz CT molecular complexity index is 789. The molecule has 3 fully saturated rings. The van der Waals surface area contributed by atoms with Gasteiger partial charge in [-0.3, -0.25) is 0 Å². The van der Waals surface area contributed by atoms with Crippen molar-refractivity contribution < 1.29 is 27.9 Å². The molecule has 1 aromatic heterocycles. The van der Waals surface area contributed by atoms with Crippen molar-refractivity contribution in [2.45, 2.75) is 43.4 Å². The minimum Gasteiger partial charge on any atom is -0.724 e. The zero-order valence-corrected chi connectivity index (χ0v) is 13.9. The van der Waals surface area contributed by atoms with Crippen LogP contribution in [0.2, 0.25) is 0 Å². The van der Waals surface area contributed by atoms with Crippen LogP contribution in [0.15, 0.2) is 4.42 Å². The van der Waals surface area contributed by atoms with Gasteiger partial charge in [0.1, 0.15) is 6.04 Å². The number of carbonyl (C=O) groups excluding carboxylic acids is 1. The van der Waals surface area contributed by atoms with Gasteiger partial charge < -0.3 is 24.9 Å². The first-order valence-electron chi connectivity index (χ1n) is 7.89. The Labute approximate surface area is 144 Å². The van der Waals surface area contributed by atoms with Gasteiger partial charge in [-0.15, -0.1) is 10.2 Å². The Morgan fingerprint density at radius 2 is 2.12 bits per heavy atom. The van der Waals surface area contributed by atoms with E-state index < -0.39 is 28.5 Å². The third-order valence-electron chi connectivity index (χ3n) is 4.70. The highest BCUT2D eigenvalue weighted by Crippen LogP contribution is 2.38. The second-order valence-corrected chi connectivity index (χ2v) is 7.39. The topological polar surface area (TPSA) is 167 Å².